The smallest absolute Gasteiger partial charge is 0.0462 e. The molecule has 0 bridgehead atoms. The second kappa shape index (κ2) is 10.5. The molecular formula is C10H19NO. The molecule has 0 spiro atoms. The van der Waals surface area contributed by atoms with Crippen molar-refractivity contribution in [3.8, 4) is 12.3 Å². The van der Waals surface area contributed by atoms with Crippen molar-refractivity contribution in [1.29, 1.82) is 0 Å². The van der Waals surface area contributed by atoms with E-state index in [1.807, 2.05) is 0 Å². The molecule has 0 atom stereocenters. The fraction of sp³-hybridized carbons (Fsp3) is 0.800. The van der Waals surface area contributed by atoms with Crippen molar-refractivity contribution in [2.24, 2.45) is 0 Å². The van der Waals surface area contributed by atoms with Gasteiger partial charge < -0.3 is 10.1 Å². The van der Waals surface area contributed by atoms with Crippen molar-refractivity contribution in [3.05, 3.63) is 0 Å². The molecule has 2 nitrogen and oxygen atoms in total. The molecule has 0 aromatic carbocycles. The van der Waals surface area contributed by atoms with Gasteiger partial charge in [0, 0.05) is 20.1 Å². The summed E-state index contributed by atoms with van der Waals surface area (Å²) in [6, 6.07) is 0. The molecule has 0 rings (SSSR count). The van der Waals surface area contributed by atoms with Gasteiger partial charge in [0.25, 0.3) is 0 Å². The third-order valence-electron chi connectivity index (χ3n) is 1.63. The maximum absolute atomic E-state index is 5.11. The van der Waals surface area contributed by atoms with E-state index < -0.39 is 0 Å². The van der Waals surface area contributed by atoms with Crippen LogP contribution in [0.2, 0.25) is 0 Å². The summed E-state index contributed by atoms with van der Waals surface area (Å²) < 4.78 is 4.93. The third kappa shape index (κ3) is 9.48. The first-order valence-corrected chi connectivity index (χ1v) is 4.55. The molecule has 0 saturated heterocycles. The number of ether oxygens (including phenoxy) is 1. The summed E-state index contributed by atoms with van der Waals surface area (Å²) in [6.07, 6.45) is 9.40. The van der Waals surface area contributed by atoms with Crippen LogP contribution in [0.15, 0.2) is 0 Å². The predicted octanol–water partition coefficient (Wildman–Crippen LogP) is 1.42. The van der Waals surface area contributed by atoms with Crippen LogP contribution in [0, 0.1) is 12.3 Å². The molecule has 0 aliphatic rings. The Labute approximate surface area is 75.7 Å². The summed E-state index contributed by atoms with van der Waals surface area (Å²) in [4.78, 5) is 0. The minimum absolute atomic E-state index is 0.867. The predicted molar refractivity (Wildman–Crippen MR) is 52.0 cm³/mol. The first-order valence-electron chi connectivity index (χ1n) is 4.55. The van der Waals surface area contributed by atoms with Crippen molar-refractivity contribution in [2.45, 2.75) is 25.7 Å². The average molecular weight is 169 g/mol. The van der Waals surface area contributed by atoms with Crippen molar-refractivity contribution in [3.63, 3.8) is 0 Å². The Morgan fingerprint density at radius 2 is 2.00 bits per heavy atom. The van der Waals surface area contributed by atoms with Gasteiger partial charge in [-0.15, -0.1) is 12.3 Å². The van der Waals surface area contributed by atoms with Gasteiger partial charge >= 0.3 is 0 Å². The van der Waals surface area contributed by atoms with E-state index in [4.69, 9.17) is 11.2 Å². The first kappa shape index (κ1) is 11.5. The van der Waals surface area contributed by atoms with Crippen molar-refractivity contribution in [2.75, 3.05) is 26.8 Å². The highest BCUT2D eigenvalue weighted by molar-refractivity contribution is 4.83. The molecule has 0 aromatic heterocycles. The lowest BCUT2D eigenvalue weighted by atomic mass is 10.3. The zero-order valence-corrected chi connectivity index (χ0v) is 7.94. The Hall–Kier alpha value is -0.520. The quantitative estimate of drug-likeness (QED) is 0.438. The molecule has 0 saturated carbocycles. The van der Waals surface area contributed by atoms with Gasteiger partial charge in [-0.2, -0.15) is 0 Å². The Morgan fingerprint density at radius 3 is 2.67 bits per heavy atom. The number of nitrogens with one attached hydrogen (secondary N) is 1. The van der Waals surface area contributed by atoms with E-state index in [1.54, 1.807) is 7.11 Å². The van der Waals surface area contributed by atoms with Gasteiger partial charge in [-0.3, -0.25) is 0 Å². The fourth-order valence-electron chi connectivity index (χ4n) is 0.937. The van der Waals surface area contributed by atoms with Gasteiger partial charge in [-0.25, -0.2) is 0 Å². The Balaban J connectivity index is 2.78. The minimum Gasteiger partial charge on any atom is -0.385 e. The monoisotopic (exact) mass is 169 g/mol. The second-order valence-corrected chi connectivity index (χ2v) is 2.76. The molecule has 2 heteroatoms. The summed E-state index contributed by atoms with van der Waals surface area (Å²) in [7, 11) is 1.74. The zero-order valence-electron chi connectivity index (χ0n) is 7.94. The molecular weight excluding hydrogens is 150 g/mol. The van der Waals surface area contributed by atoms with E-state index >= 15 is 0 Å². The molecule has 0 radical (unpaired) electrons. The summed E-state index contributed by atoms with van der Waals surface area (Å²) >= 11 is 0. The van der Waals surface area contributed by atoms with Crippen LogP contribution < -0.4 is 5.32 Å². The third-order valence-corrected chi connectivity index (χ3v) is 1.63. The van der Waals surface area contributed by atoms with Crippen LogP contribution in [0.25, 0.3) is 0 Å². The highest BCUT2D eigenvalue weighted by atomic mass is 16.5. The Morgan fingerprint density at radius 1 is 1.25 bits per heavy atom. The van der Waals surface area contributed by atoms with Gasteiger partial charge in [-0.05, 0) is 32.4 Å². The van der Waals surface area contributed by atoms with E-state index in [2.05, 4.69) is 11.2 Å². The van der Waals surface area contributed by atoms with Crippen molar-refractivity contribution >= 4 is 0 Å². The fourth-order valence-corrected chi connectivity index (χ4v) is 0.937. The number of methoxy groups -OCH3 is 1. The van der Waals surface area contributed by atoms with Crippen LogP contribution in [0.3, 0.4) is 0 Å². The average Bonchev–Trinajstić information content (AvgIpc) is 2.10. The van der Waals surface area contributed by atoms with Crippen LogP contribution in [0.5, 0.6) is 0 Å². The first-order chi connectivity index (χ1) is 5.91. The molecule has 0 aliphatic carbocycles. The molecule has 0 heterocycles. The molecule has 12 heavy (non-hydrogen) atoms. The zero-order chi connectivity index (χ0) is 9.07. The molecule has 0 unspecified atom stereocenters. The topological polar surface area (TPSA) is 21.3 Å². The number of terminal acetylenes is 1. The number of unbranched alkanes of at least 4 members (excludes halogenated alkanes) is 2. The van der Waals surface area contributed by atoms with Gasteiger partial charge in [0.1, 0.15) is 0 Å². The Bertz CT molecular complexity index is 117. The van der Waals surface area contributed by atoms with Crippen molar-refractivity contribution in [1.82, 2.24) is 5.32 Å². The van der Waals surface area contributed by atoms with E-state index in [0.717, 1.165) is 39.0 Å². The van der Waals surface area contributed by atoms with E-state index in [9.17, 15) is 0 Å². The molecule has 1 N–H and O–H groups in total. The highest BCUT2D eigenvalue weighted by Gasteiger charge is 1.87. The SMILES string of the molecule is C#CCCCNCCCCOC. The largest absolute Gasteiger partial charge is 0.385 e. The van der Waals surface area contributed by atoms with Crippen LogP contribution in [0.1, 0.15) is 25.7 Å². The van der Waals surface area contributed by atoms with Crippen LogP contribution in [-0.4, -0.2) is 26.8 Å². The van der Waals surface area contributed by atoms with E-state index in [0.29, 0.717) is 0 Å². The van der Waals surface area contributed by atoms with Crippen LogP contribution >= 0.6 is 0 Å². The Kier molecular flexibility index (Phi) is 10.0. The van der Waals surface area contributed by atoms with Gasteiger partial charge in [0.15, 0.2) is 0 Å². The van der Waals surface area contributed by atoms with Gasteiger partial charge in [-0.1, -0.05) is 0 Å². The van der Waals surface area contributed by atoms with E-state index in [1.165, 1.54) is 6.42 Å². The molecule has 70 valence electrons. The van der Waals surface area contributed by atoms with E-state index in [-0.39, 0.29) is 0 Å². The number of hydrogen-bond donors (Lipinski definition) is 1. The summed E-state index contributed by atoms with van der Waals surface area (Å²) in [5.41, 5.74) is 0. The second-order valence-electron chi connectivity index (χ2n) is 2.76. The molecule has 0 aromatic rings. The maximum Gasteiger partial charge on any atom is 0.0462 e. The van der Waals surface area contributed by atoms with Crippen LogP contribution in [-0.2, 0) is 4.74 Å². The number of rotatable bonds is 8. The van der Waals surface area contributed by atoms with Crippen molar-refractivity contribution < 1.29 is 4.74 Å². The minimum atomic E-state index is 0.867. The maximum atomic E-state index is 5.11. The normalized spacial score (nSPS) is 9.67. The summed E-state index contributed by atoms with van der Waals surface area (Å²) in [6.45, 7) is 2.98. The lowest BCUT2D eigenvalue weighted by Crippen LogP contribution is -2.16. The number of hydrogen-bond acceptors (Lipinski definition) is 2. The standard InChI is InChI=1S/C10H19NO/c1-3-4-5-8-11-9-6-7-10-12-2/h1,11H,4-10H2,2H3. The summed E-state index contributed by atoms with van der Waals surface area (Å²) in [5, 5.41) is 3.33. The summed E-state index contributed by atoms with van der Waals surface area (Å²) in [5.74, 6) is 2.62. The van der Waals surface area contributed by atoms with Gasteiger partial charge in [0.2, 0.25) is 0 Å². The lowest BCUT2D eigenvalue weighted by molar-refractivity contribution is 0.192. The lowest BCUT2D eigenvalue weighted by Gasteiger charge is -2.02. The van der Waals surface area contributed by atoms with Crippen LogP contribution in [0.4, 0.5) is 0 Å². The highest BCUT2D eigenvalue weighted by Crippen LogP contribution is 1.88. The molecule has 0 amide bonds. The molecule has 0 aliphatic heterocycles. The molecule has 0 fully saturated rings. The van der Waals surface area contributed by atoms with Gasteiger partial charge in [0.05, 0.1) is 0 Å².